The molecule has 0 fully saturated rings. The summed E-state index contributed by atoms with van der Waals surface area (Å²) in [7, 11) is 0. The Morgan fingerprint density at radius 2 is 2.19 bits per heavy atom. The lowest BCUT2D eigenvalue weighted by molar-refractivity contribution is 0.953. The number of rotatable bonds is 2. The van der Waals surface area contributed by atoms with Gasteiger partial charge in [0.15, 0.2) is 0 Å². The van der Waals surface area contributed by atoms with Crippen molar-refractivity contribution in [1.82, 2.24) is 10.3 Å². The van der Waals surface area contributed by atoms with E-state index < -0.39 is 0 Å². The number of aromatic nitrogens is 1. The number of fused-ring (bicyclic) bond motifs is 1. The first-order chi connectivity index (χ1) is 7.92. The molecule has 2 aromatic rings. The zero-order valence-electron chi connectivity index (χ0n) is 8.98. The fourth-order valence-electron chi connectivity index (χ4n) is 1.97. The Kier molecular flexibility index (Phi) is 2.29. The zero-order chi connectivity index (χ0) is 10.8. The van der Waals surface area contributed by atoms with Crippen molar-refractivity contribution < 1.29 is 0 Å². The molecule has 0 bridgehead atoms. The van der Waals surface area contributed by atoms with Gasteiger partial charge in [-0.3, -0.25) is 9.98 Å². The Balaban J connectivity index is 1.92. The number of benzene rings is 1. The van der Waals surface area contributed by atoms with Crippen molar-refractivity contribution in [2.75, 3.05) is 13.1 Å². The molecule has 1 aliphatic heterocycles. The van der Waals surface area contributed by atoms with E-state index in [4.69, 9.17) is 0 Å². The van der Waals surface area contributed by atoms with Crippen LogP contribution in [0, 0.1) is 0 Å². The van der Waals surface area contributed by atoms with E-state index in [1.54, 1.807) is 0 Å². The van der Waals surface area contributed by atoms with Crippen molar-refractivity contribution in [3.63, 3.8) is 0 Å². The van der Waals surface area contributed by atoms with Crippen molar-refractivity contribution in [2.24, 2.45) is 4.99 Å². The van der Waals surface area contributed by atoms with Crippen LogP contribution in [0.3, 0.4) is 0 Å². The third kappa shape index (κ3) is 1.76. The number of hydrogen-bond donors (Lipinski definition) is 1. The molecule has 1 aliphatic rings. The molecule has 16 heavy (non-hydrogen) atoms. The maximum atomic E-state index is 4.44. The van der Waals surface area contributed by atoms with Crippen LogP contribution in [0.25, 0.3) is 10.9 Å². The molecule has 3 heteroatoms. The molecule has 0 unspecified atom stereocenters. The van der Waals surface area contributed by atoms with Crippen LogP contribution >= 0.6 is 0 Å². The molecule has 3 rings (SSSR count). The van der Waals surface area contributed by atoms with Gasteiger partial charge in [-0.25, -0.2) is 0 Å². The van der Waals surface area contributed by atoms with Gasteiger partial charge in [-0.2, -0.15) is 0 Å². The topological polar surface area (TPSA) is 37.3 Å². The fraction of sp³-hybridized carbons (Fsp3) is 0.231. The highest BCUT2D eigenvalue weighted by Crippen LogP contribution is 2.13. The lowest BCUT2D eigenvalue weighted by atomic mass is 10.1. The standard InChI is InChI=1S/C13H13N3/c1-2-4-12-11(3-1)7-10(9-16-12)8-13-14-5-6-15-13/h1-4,7,9H,5-6,8H2,(H,14,15). The Morgan fingerprint density at radius 1 is 1.25 bits per heavy atom. The molecule has 0 atom stereocenters. The quantitative estimate of drug-likeness (QED) is 0.822. The molecule has 80 valence electrons. The van der Waals surface area contributed by atoms with E-state index in [9.17, 15) is 0 Å². The summed E-state index contributed by atoms with van der Waals surface area (Å²) in [5.74, 6) is 1.08. The van der Waals surface area contributed by atoms with Gasteiger partial charge in [0.1, 0.15) is 5.84 Å². The molecular weight excluding hydrogens is 198 g/mol. The van der Waals surface area contributed by atoms with Crippen LogP contribution in [0.4, 0.5) is 0 Å². The van der Waals surface area contributed by atoms with Crippen LogP contribution < -0.4 is 5.32 Å². The van der Waals surface area contributed by atoms with Crippen molar-refractivity contribution in [2.45, 2.75) is 6.42 Å². The van der Waals surface area contributed by atoms with Gasteiger partial charge in [-0.1, -0.05) is 18.2 Å². The largest absolute Gasteiger partial charge is 0.372 e. The number of nitrogens with one attached hydrogen (secondary N) is 1. The number of pyridine rings is 1. The van der Waals surface area contributed by atoms with Crippen LogP contribution in [0.2, 0.25) is 0 Å². The third-order valence-corrected chi connectivity index (χ3v) is 2.76. The number of amidine groups is 1. The minimum Gasteiger partial charge on any atom is -0.372 e. The van der Waals surface area contributed by atoms with Gasteiger partial charge in [0.2, 0.25) is 0 Å². The second-order valence-electron chi connectivity index (χ2n) is 3.97. The molecule has 0 radical (unpaired) electrons. The highest BCUT2D eigenvalue weighted by atomic mass is 15.1. The van der Waals surface area contributed by atoms with E-state index in [0.717, 1.165) is 30.9 Å². The molecule has 0 aliphatic carbocycles. The SMILES string of the molecule is c1ccc2ncc(CC3=NCCN3)cc2c1. The first-order valence-electron chi connectivity index (χ1n) is 5.53. The molecule has 1 aromatic heterocycles. The monoisotopic (exact) mass is 211 g/mol. The average Bonchev–Trinajstić information content (AvgIpc) is 2.82. The smallest absolute Gasteiger partial charge is 0.101 e. The number of hydrogen-bond acceptors (Lipinski definition) is 3. The lowest BCUT2D eigenvalue weighted by Gasteiger charge is -2.03. The second-order valence-corrected chi connectivity index (χ2v) is 3.97. The van der Waals surface area contributed by atoms with E-state index in [2.05, 4.69) is 27.4 Å². The Morgan fingerprint density at radius 3 is 3.06 bits per heavy atom. The predicted molar refractivity (Wildman–Crippen MR) is 65.8 cm³/mol. The first-order valence-corrected chi connectivity index (χ1v) is 5.53. The van der Waals surface area contributed by atoms with Gasteiger partial charge in [0.05, 0.1) is 12.1 Å². The summed E-state index contributed by atoms with van der Waals surface area (Å²) in [6.07, 6.45) is 2.79. The van der Waals surface area contributed by atoms with Crippen LogP contribution in [-0.2, 0) is 6.42 Å². The van der Waals surface area contributed by atoms with Gasteiger partial charge in [-0.15, -0.1) is 0 Å². The summed E-state index contributed by atoms with van der Waals surface area (Å²) >= 11 is 0. The van der Waals surface area contributed by atoms with E-state index in [1.807, 2.05) is 24.4 Å². The van der Waals surface area contributed by atoms with Gasteiger partial charge in [0, 0.05) is 24.5 Å². The van der Waals surface area contributed by atoms with E-state index in [-0.39, 0.29) is 0 Å². The summed E-state index contributed by atoms with van der Waals surface area (Å²) in [4.78, 5) is 8.83. The van der Waals surface area contributed by atoms with E-state index in [1.165, 1.54) is 10.9 Å². The lowest BCUT2D eigenvalue weighted by Crippen LogP contribution is -2.20. The summed E-state index contributed by atoms with van der Waals surface area (Å²) in [5.41, 5.74) is 2.26. The minimum absolute atomic E-state index is 0.859. The van der Waals surface area contributed by atoms with Crippen LogP contribution in [0.1, 0.15) is 5.56 Å². The normalized spacial score (nSPS) is 14.9. The van der Waals surface area contributed by atoms with Gasteiger partial charge >= 0.3 is 0 Å². The van der Waals surface area contributed by atoms with Gasteiger partial charge in [0.25, 0.3) is 0 Å². The molecule has 0 saturated heterocycles. The van der Waals surface area contributed by atoms with Crippen molar-refractivity contribution in [3.8, 4) is 0 Å². The van der Waals surface area contributed by atoms with Crippen molar-refractivity contribution in [3.05, 3.63) is 42.1 Å². The summed E-state index contributed by atoms with van der Waals surface area (Å²) < 4.78 is 0. The molecule has 0 saturated carbocycles. The summed E-state index contributed by atoms with van der Waals surface area (Å²) in [5, 5.41) is 4.47. The molecule has 0 spiro atoms. The maximum Gasteiger partial charge on any atom is 0.101 e. The summed E-state index contributed by atoms with van der Waals surface area (Å²) in [6, 6.07) is 10.4. The first kappa shape index (κ1) is 9.33. The van der Waals surface area contributed by atoms with Crippen molar-refractivity contribution in [1.29, 1.82) is 0 Å². The van der Waals surface area contributed by atoms with Gasteiger partial charge in [-0.05, 0) is 17.7 Å². The second kappa shape index (κ2) is 3.93. The van der Waals surface area contributed by atoms with E-state index in [0.29, 0.717) is 0 Å². The highest BCUT2D eigenvalue weighted by molar-refractivity contribution is 5.87. The molecule has 1 N–H and O–H groups in total. The summed E-state index contributed by atoms with van der Waals surface area (Å²) in [6.45, 7) is 1.87. The van der Waals surface area contributed by atoms with Crippen molar-refractivity contribution >= 4 is 16.7 Å². The number of aliphatic imine (C=N–C) groups is 1. The number of nitrogens with zero attached hydrogens (tertiary/aromatic N) is 2. The Labute approximate surface area is 94.2 Å². The van der Waals surface area contributed by atoms with Crippen LogP contribution in [0.15, 0.2) is 41.5 Å². The Bertz CT molecular complexity index is 546. The fourth-order valence-corrected chi connectivity index (χ4v) is 1.97. The molecular formula is C13H13N3. The highest BCUT2D eigenvalue weighted by Gasteiger charge is 2.06. The Hall–Kier alpha value is -1.90. The van der Waals surface area contributed by atoms with Crippen LogP contribution in [0.5, 0.6) is 0 Å². The molecule has 3 nitrogen and oxygen atoms in total. The van der Waals surface area contributed by atoms with Crippen LogP contribution in [-0.4, -0.2) is 23.9 Å². The van der Waals surface area contributed by atoms with Gasteiger partial charge < -0.3 is 5.32 Å². The zero-order valence-corrected chi connectivity index (χ0v) is 8.98. The van der Waals surface area contributed by atoms with E-state index >= 15 is 0 Å². The minimum atomic E-state index is 0.859. The third-order valence-electron chi connectivity index (χ3n) is 2.76. The maximum absolute atomic E-state index is 4.44. The number of para-hydroxylation sites is 1. The molecule has 2 heterocycles. The average molecular weight is 211 g/mol. The predicted octanol–water partition coefficient (Wildman–Crippen LogP) is 1.78. The molecule has 0 amide bonds. The molecule has 1 aromatic carbocycles.